The van der Waals surface area contributed by atoms with Crippen LogP contribution in [0.3, 0.4) is 0 Å². The van der Waals surface area contributed by atoms with Gasteiger partial charge in [-0.25, -0.2) is 0 Å². The molecule has 4 rings (SSSR count). The Morgan fingerprint density at radius 3 is 2.68 bits per heavy atom. The van der Waals surface area contributed by atoms with Gasteiger partial charge < -0.3 is 19.9 Å². The van der Waals surface area contributed by atoms with Crippen LogP contribution in [-0.4, -0.2) is 89.3 Å². The molecule has 3 amide bonds. The van der Waals surface area contributed by atoms with Gasteiger partial charge in [-0.2, -0.15) is 13.2 Å². The van der Waals surface area contributed by atoms with Gasteiger partial charge in [0.15, 0.2) is 0 Å². The SMILES string of the molecule is CC(=O)N1CCN2C(=O)CN(Cc3ccccn3)CCNC(=O)c3cc(C(F)(F)F)ccc3OC[C@@H]2C1. The lowest BCUT2D eigenvalue weighted by molar-refractivity contribution is -0.143. The molecule has 2 aromatic rings. The molecule has 1 fully saturated rings. The number of hydrogen-bond acceptors (Lipinski definition) is 6. The van der Waals surface area contributed by atoms with Crippen LogP contribution in [0.15, 0.2) is 42.6 Å². The number of benzene rings is 1. The number of amides is 3. The molecule has 1 aromatic heterocycles. The first kappa shape index (κ1) is 26.4. The molecule has 12 heteroatoms. The molecular formula is C25H28F3N5O4. The van der Waals surface area contributed by atoms with Crippen molar-refractivity contribution in [1.29, 1.82) is 0 Å². The Balaban J connectivity index is 1.65. The highest BCUT2D eigenvalue weighted by atomic mass is 19.4. The smallest absolute Gasteiger partial charge is 0.416 e. The van der Waals surface area contributed by atoms with Gasteiger partial charge in [-0.1, -0.05) is 6.07 Å². The Bertz CT molecular complexity index is 1140. The van der Waals surface area contributed by atoms with E-state index >= 15 is 0 Å². The number of pyridine rings is 1. The first-order valence-electron chi connectivity index (χ1n) is 11.9. The van der Waals surface area contributed by atoms with Crippen molar-refractivity contribution in [3.05, 3.63) is 59.4 Å². The lowest BCUT2D eigenvalue weighted by Crippen LogP contribution is -2.59. The summed E-state index contributed by atoms with van der Waals surface area (Å²) >= 11 is 0. The van der Waals surface area contributed by atoms with Crippen LogP contribution in [0.25, 0.3) is 0 Å². The van der Waals surface area contributed by atoms with Gasteiger partial charge in [-0.3, -0.25) is 24.3 Å². The molecule has 198 valence electrons. The summed E-state index contributed by atoms with van der Waals surface area (Å²) in [5.74, 6) is -1.06. The molecule has 1 aromatic carbocycles. The predicted molar refractivity (Wildman–Crippen MR) is 127 cm³/mol. The summed E-state index contributed by atoms with van der Waals surface area (Å²) in [6.45, 7) is 2.94. The summed E-state index contributed by atoms with van der Waals surface area (Å²) in [5.41, 5.74) is -0.488. The maximum absolute atomic E-state index is 13.4. The number of hydrogen-bond donors (Lipinski definition) is 1. The summed E-state index contributed by atoms with van der Waals surface area (Å²) in [7, 11) is 0. The van der Waals surface area contributed by atoms with Crippen molar-refractivity contribution in [3.8, 4) is 5.75 Å². The molecular weight excluding hydrogens is 491 g/mol. The Morgan fingerprint density at radius 2 is 1.97 bits per heavy atom. The fourth-order valence-corrected chi connectivity index (χ4v) is 4.45. The Labute approximate surface area is 212 Å². The van der Waals surface area contributed by atoms with E-state index in [1.807, 2.05) is 17.0 Å². The predicted octanol–water partition coefficient (Wildman–Crippen LogP) is 1.78. The van der Waals surface area contributed by atoms with Crippen LogP contribution in [0.4, 0.5) is 13.2 Å². The molecule has 0 bridgehead atoms. The second kappa shape index (κ2) is 11.2. The summed E-state index contributed by atoms with van der Waals surface area (Å²) in [6, 6.07) is 7.62. The highest BCUT2D eigenvalue weighted by Gasteiger charge is 2.35. The molecule has 1 atom stereocenters. The highest BCUT2D eigenvalue weighted by molar-refractivity contribution is 5.97. The van der Waals surface area contributed by atoms with E-state index < -0.39 is 23.7 Å². The van der Waals surface area contributed by atoms with E-state index in [1.165, 1.54) is 6.92 Å². The molecule has 9 nitrogen and oxygen atoms in total. The summed E-state index contributed by atoms with van der Waals surface area (Å²) in [4.78, 5) is 47.7. The average molecular weight is 520 g/mol. The first-order chi connectivity index (χ1) is 17.6. The fraction of sp³-hybridized carbons (Fsp3) is 0.440. The van der Waals surface area contributed by atoms with Gasteiger partial charge in [0.25, 0.3) is 5.91 Å². The Kier molecular flexibility index (Phi) is 7.96. The quantitative estimate of drug-likeness (QED) is 0.650. The van der Waals surface area contributed by atoms with Gasteiger partial charge in [0, 0.05) is 52.4 Å². The molecule has 2 aliphatic rings. The van der Waals surface area contributed by atoms with E-state index in [-0.39, 0.29) is 55.9 Å². The van der Waals surface area contributed by atoms with Gasteiger partial charge in [-0.15, -0.1) is 0 Å². The van der Waals surface area contributed by atoms with Crippen molar-refractivity contribution in [3.63, 3.8) is 0 Å². The summed E-state index contributed by atoms with van der Waals surface area (Å²) in [5, 5.41) is 2.64. The number of ether oxygens (including phenoxy) is 1. The second-order valence-corrected chi connectivity index (χ2v) is 9.01. The number of carbonyl (C=O) groups is 3. The third-order valence-electron chi connectivity index (χ3n) is 6.42. The third kappa shape index (κ3) is 6.56. The van der Waals surface area contributed by atoms with E-state index in [0.717, 1.165) is 23.9 Å². The van der Waals surface area contributed by atoms with Crippen LogP contribution >= 0.6 is 0 Å². The lowest BCUT2D eigenvalue weighted by Gasteiger charge is -2.41. The normalized spacial score (nSPS) is 19.9. The minimum Gasteiger partial charge on any atom is -0.491 e. The summed E-state index contributed by atoms with van der Waals surface area (Å²) in [6.07, 6.45) is -2.99. The molecule has 0 spiro atoms. The third-order valence-corrected chi connectivity index (χ3v) is 6.42. The van der Waals surface area contributed by atoms with Crippen molar-refractivity contribution < 1.29 is 32.3 Å². The van der Waals surface area contributed by atoms with Gasteiger partial charge in [0.2, 0.25) is 11.8 Å². The van der Waals surface area contributed by atoms with Crippen molar-refractivity contribution >= 4 is 17.7 Å². The maximum Gasteiger partial charge on any atom is 0.416 e. The number of alkyl halides is 3. The number of fused-ring (bicyclic) bond motifs is 2. The number of halogens is 3. The maximum atomic E-state index is 13.4. The van der Waals surface area contributed by atoms with Crippen LogP contribution in [-0.2, 0) is 22.3 Å². The molecule has 0 unspecified atom stereocenters. The fourth-order valence-electron chi connectivity index (χ4n) is 4.45. The number of nitrogens with zero attached hydrogens (tertiary/aromatic N) is 4. The van der Waals surface area contributed by atoms with E-state index in [4.69, 9.17) is 4.74 Å². The van der Waals surface area contributed by atoms with Crippen LogP contribution in [0.5, 0.6) is 5.75 Å². The van der Waals surface area contributed by atoms with E-state index in [1.54, 1.807) is 22.1 Å². The van der Waals surface area contributed by atoms with Crippen LogP contribution in [0.2, 0.25) is 0 Å². The van der Waals surface area contributed by atoms with Crippen molar-refractivity contribution in [1.82, 2.24) is 25.0 Å². The molecule has 1 saturated heterocycles. The monoisotopic (exact) mass is 519 g/mol. The second-order valence-electron chi connectivity index (χ2n) is 9.01. The Hall–Kier alpha value is -3.67. The highest BCUT2D eigenvalue weighted by Crippen LogP contribution is 2.33. The number of piperazine rings is 1. The zero-order chi connectivity index (χ0) is 26.6. The van der Waals surface area contributed by atoms with Gasteiger partial charge in [0.1, 0.15) is 12.4 Å². The number of nitrogens with one attached hydrogen (secondary N) is 1. The van der Waals surface area contributed by atoms with Crippen molar-refractivity contribution in [2.75, 3.05) is 45.9 Å². The topological polar surface area (TPSA) is 95.1 Å². The minimum absolute atomic E-state index is 0.0255. The molecule has 37 heavy (non-hydrogen) atoms. The zero-order valence-corrected chi connectivity index (χ0v) is 20.3. The van der Waals surface area contributed by atoms with Crippen LogP contribution in [0, 0.1) is 0 Å². The number of carbonyl (C=O) groups excluding carboxylic acids is 3. The van der Waals surface area contributed by atoms with E-state index in [2.05, 4.69) is 10.3 Å². The molecule has 0 radical (unpaired) electrons. The number of aromatic nitrogens is 1. The molecule has 2 aliphatic heterocycles. The van der Waals surface area contributed by atoms with Crippen molar-refractivity contribution in [2.45, 2.75) is 25.7 Å². The Morgan fingerprint density at radius 1 is 1.16 bits per heavy atom. The van der Waals surface area contributed by atoms with Crippen LogP contribution in [0.1, 0.15) is 28.5 Å². The van der Waals surface area contributed by atoms with Crippen molar-refractivity contribution in [2.24, 2.45) is 0 Å². The van der Waals surface area contributed by atoms with Gasteiger partial charge >= 0.3 is 6.18 Å². The minimum atomic E-state index is -4.63. The van der Waals surface area contributed by atoms with Crippen LogP contribution < -0.4 is 10.1 Å². The lowest BCUT2D eigenvalue weighted by atomic mass is 10.1. The van der Waals surface area contributed by atoms with Gasteiger partial charge in [-0.05, 0) is 30.3 Å². The van der Waals surface area contributed by atoms with Gasteiger partial charge in [0.05, 0.1) is 29.4 Å². The largest absolute Gasteiger partial charge is 0.491 e. The molecule has 3 heterocycles. The zero-order valence-electron chi connectivity index (χ0n) is 20.3. The van der Waals surface area contributed by atoms with E-state index in [9.17, 15) is 27.6 Å². The molecule has 1 N–H and O–H groups in total. The molecule has 0 aliphatic carbocycles. The average Bonchev–Trinajstić information content (AvgIpc) is 2.87. The number of rotatable bonds is 2. The summed E-state index contributed by atoms with van der Waals surface area (Å²) < 4.78 is 45.9. The van der Waals surface area contributed by atoms with E-state index in [0.29, 0.717) is 19.6 Å². The molecule has 0 saturated carbocycles. The first-order valence-corrected chi connectivity index (χ1v) is 11.9. The standard InChI is InChI=1S/C25H28F3N5O4/c1-17(34)32-10-11-33-20(14-32)16-37-22-6-5-18(25(26,27)28)12-21(22)24(36)30-8-9-31(15-23(33)35)13-19-4-2-3-7-29-19/h2-7,12,20H,8-11,13-16H2,1H3,(H,30,36)/t20-/m0/s1.